The molecule has 0 spiro atoms. The molecule has 0 saturated heterocycles. The zero-order valence-corrected chi connectivity index (χ0v) is 21.0. The van der Waals surface area contributed by atoms with Crippen LogP contribution < -0.4 is 10.6 Å². The maximum atomic E-state index is 13.5. The van der Waals surface area contributed by atoms with Crippen molar-refractivity contribution in [3.63, 3.8) is 0 Å². The van der Waals surface area contributed by atoms with E-state index >= 15 is 0 Å². The number of nitrogens with one attached hydrogen (secondary N) is 2. The van der Waals surface area contributed by atoms with Crippen LogP contribution in [0.4, 0.5) is 29.2 Å². The van der Waals surface area contributed by atoms with E-state index in [9.17, 15) is 27.5 Å². The van der Waals surface area contributed by atoms with E-state index in [4.69, 9.17) is 11.6 Å². The van der Waals surface area contributed by atoms with Crippen LogP contribution in [0.2, 0.25) is 5.02 Å². The zero-order chi connectivity index (χ0) is 27.2. The molecule has 2 atom stereocenters. The van der Waals surface area contributed by atoms with Crippen LogP contribution in [0, 0.1) is 17.7 Å². The van der Waals surface area contributed by atoms with Crippen molar-refractivity contribution in [1.29, 1.82) is 0 Å². The van der Waals surface area contributed by atoms with Gasteiger partial charge in [0.2, 0.25) is 5.95 Å². The third-order valence-corrected chi connectivity index (χ3v) is 7.71. The molecule has 3 aromatic rings. The van der Waals surface area contributed by atoms with Gasteiger partial charge in [0.1, 0.15) is 11.5 Å². The molecule has 2 fully saturated rings. The molecule has 2 unspecified atom stereocenters. The van der Waals surface area contributed by atoms with Crippen molar-refractivity contribution in [2.75, 3.05) is 17.2 Å². The molecule has 2 saturated carbocycles. The zero-order valence-electron chi connectivity index (χ0n) is 20.3. The Balaban J connectivity index is 1.21. The summed E-state index contributed by atoms with van der Waals surface area (Å²) in [4.78, 5) is 25.0. The average molecular weight is 553 g/mol. The van der Waals surface area contributed by atoms with E-state index in [0.717, 1.165) is 12.8 Å². The lowest BCUT2D eigenvalue weighted by atomic mass is 9.92. The summed E-state index contributed by atoms with van der Waals surface area (Å²) in [5.74, 6) is -0.502. The first-order chi connectivity index (χ1) is 17.9. The number of carbonyl (C=O) groups excluding carboxylic acids is 1. The number of halogens is 5. The second-order valence-electron chi connectivity index (χ2n) is 10.1. The summed E-state index contributed by atoms with van der Waals surface area (Å²) in [5, 5.41) is 16.6. The van der Waals surface area contributed by atoms with E-state index in [1.54, 1.807) is 17.9 Å². The van der Waals surface area contributed by atoms with Crippen LogP contribution in [0.15, 0.2) is 36.9 Å². The highest BCUT2D eigenvalue weighted by Gasteiger charge is 2.49. The second-order valence-corrected chi connectivity index (χ2v) is 10.5. The fraction of sp³-hybridized carbons (Fsp3) is 0.440. The van der Waals surface area contributed by atoms with Gasteiger partial charge in [-0.1, -0.05) is 11.6 Å². The summed E-state index contributed by atoms with van der Waals surface area (Å²) in [6.45, 7) is 0.119. The number of aryl methyl sites for hydroxylation is 1. The summed E-state index contributed by atoms with van der Waals surface area (Å²) >= 11 is 5.83. The standard InChI is InChI=1S/C25H25ClF4N6O2/c1-36-12-34-20(21(36)22(37)35-17-2-3-19(27)18(26)6-17)13-4-14-7-24(38,8-15(14)5-13)11-33-23-31-9-16(10-32-23)25(28,29)30/h2-3,6,9-10,12-15,38H,4-5,7-8,11H2,1H3,(H,35,37)(H,31,32,33). The Morgan fingerprint density at radius 1 is 1.18 bits per heavy atom. The minimum Gasteiger partial charge on any atom is -0.388 e. The molecule has 2 aliphatic carbocycles. The summed E-state index contributed by atoms with van der Waals surface area (Å²) in [7, 11) is 1.73. The number of fused-ring (bicyclic) bond motifs is 1. The maximum absolute atomic E-state index is 13.5. The van der Waals surface area contributed by atoms with Crippen LogP contribution in [0.3, 0.4) is 0 Å². The molecule has 0 bridgehead atoms. The maximum Gasteiger partial charge on any atom is 0.419 e. The van der Waals surface area contributed by atoms with Crippen molar-refractivity contribution in [2.24, 2.45) is 18.9 Å². The van der Waals surface area contributed by atoms with Gasteiger partial charge in [-0.3, -0.25) is 4.79 Å². The third kappa shape index (κ3) is 5.32. The summed E-state index contributed by atoms with van der Waals surface area (Å²) in [6.07, 6.45) is 0.970. The molecule has 2 aliphatic rings. The normalized spacial score (nSPS) is 24.9. The Morgan fingerprint density at radius 2 is 1.84 bits per heavy atom. The molecule has 38 heavy (non-hydrogen) atoms. The lowest BCUT2D eigenvalue weighted by Gasteiger charge is -2.25. The number of nitrogens with zero attached hydrogens (tertiary/aromatic N) is 4. The van der Waals surface area contributed by atoms with Gasteiger partial charge in [-0.15, -0.1) is 0 Å². The summed E-state index contributed by atoms with van der Waals surface area (Å²) in [6, 6.07) is 3.95. The van der Waals surface area contributed by atoms with Crippen molar-refractivity contribution in [3.05, 3.63) is 64.7 Å². The van der Waals surface area contributed by atoms with E-state index in [0.29, 0.717) is 42.3 Å². The van der Waals surface area contributed by atoms with Gasteiger partial charge in [-0.2, -0.15) is 13.2 Å². The van der Waals surface area contributed by atoms with Gasteiger partial charge < -0.3 is 20.3 Å². The number of carbonyl (C=O) groups is 1. The predicted octanol–water partition coefficient (Wildman–Crippen LogP) is 5.02. The Kier molecular flexibility index (Phi) is 6.80. The van der Waals surface area contributed by atoms with Gasteiger partial charge in [-0.25, -0.2) is 19.3 Å². The van der Waals surface area contributed by atoms with Crippen LogP contribution in [-0.2, 0) is 13.2 Å². The predicted molar refractivity (Wildman–Crippen MR) is 131 cm³/mol. The lowest BCUT2D eigenvalue weighted by molar-refractivity contribution is -0.138. The molecule has 202 valence electrons. The molecule has 1 aromatic carbocycles. The molecule has 0 aliphatic heterocycles. The molecule has 1 amide bonds. The fourth-order valence-electron chi connectivity index (χ4n) is 5.74. The minimum absolute atomic E-state index is 0.0212. The van der Waals surface area contributed by atoms with Crippen molar-refractivity contribution in [1.82, 2.24) is 19.5 Å². The van der Waals surface area contributed by atoms with Crippen LogP contribution in [0.5, 0.6) is 0 Å². The Labute approximate surface area is 220 Å². The number of hydrogen-bond donors (Lipinski definition) is 3. The fourth-order valence-corrected chi connectivity index (χ4v) is 5.92. The number of aromatic nitrogens is 4. The quantitative estimate of drug-likeness (QED) is 0.371. The molecule has 5 rings (SSSR count). The monoisotopic (exact) mass is 552 g/mol. The highest BCUT2D eigenvalue weighted by atomic mass is 35.5. The highest BCUT2D eigenvalue weighted by Crippen LogP contribution is 2.54. The minimum atomic E-state index is -4.51. The number of alkyl halides is 3. The number of benzene rings is 1. The van der Waals surface area contributed by atoms with Gasteiger partial charge in [0.15, 0.2) is 0 Å². The first-order valence-corrected chi connectivity index (χ1v) is 12.4. The van der Waals surface area contributed by atoms with E-state index in [1.165, 1.54) is 18.2 Å². The molecular weight excluding hydrogens is 528 g/mol. The smallest absolute Gasteiger partial charge is 0.388 e. The average Bonchev–Trinajstić information content (AvgIpc) is 3.51. The SMILES string of the molecule is Cn1cnc(C2CC3CC(O)(CNc4ncc(C(F)(F)F)cn4)CC3C2)c1C(=O)Nc1ccc(F)c(Cl)c1. The molecule has 2 aromatic heterocycles. The first kappa shape index (κ1) is 26.4. The number of aliphatic hydroxyl groups is 1. The van der Waals surface area contributed by atoms with Gasteiger partial charge in [-0.05, 0) is 55.7 Å². The van der Waals surface area contributed by atoms with Crippen LogP contribution in [-0.4, -0.2) is 42.7 Å². The molecule has 0 radical (unpaired) electrons. The number of anilines is 2. The Morgan fingerprint density at radius 3 is 2.45 bits per heavy atom. The van der Waals surface area contributed by atoms with Gasteiger partial charge in [0, 0.05) is 37.6 Å². The van der Waals surface area contributed by atoms with E-state index in [2.05, 4.69) is 25.6 Å². The summed E-state index contributed by atoms with van der Waals surface area (Å²) in [5.41, 5.74) is -0.531. The molecular formula is C25H25ClF4N6O2. The van der Waals surface area contributed by atoms with Gasteiger partial charge >= 0.3 is 6.18 Å². The van der Waals surface area contributed by atoms with Crippen LogP contribution in [0.25, 0.3) is 0 Å². The van der Waals surface area contributed by atoms with Crippen molar-refractivity contribution in [3.8, 4) is 0 Å². The largest absolute Gasteiger partial charge is 0.419 e. The molecule has 3 N–H and O–H groups in total. The molecule has 13 heteroatoms. The van der Waals surface area contributed by atoms with Crippen molar-refractivity contribution >= 4 is 29.1 Å². The van der Waals surface area contributed by atoms with Crippen LogP contribution >= 0.6 is 11.6 Å². The van der Waals surface area contributed by atoms with Crippen molar-refractivity contribution < 1.29 is 27.5 Å². The third-order valence-electron chi connectivity index (χ3n) is 7.42. The number of rotatable bonds is 6. The molecule has 2 heterocycles. The lowest BCUT2D eigenvalue weighted by Crippen LogP contribution is -2.35. The van der Waals surface area contributed by atoms with Crippen molar-refractivity contribution in [2.45, 2.75) is 43.4 Å². The van der Waals surface area contributed by atoms with E-state index in [1.807, 2.05) is 0 Å². The Hall–Kier alpha value is -3.25. The van der Waals surface area contributed by atoms with Gasteiger partial charge in [0.25, 0.3) is 5.91 Å². The number of amides is 1. The topological polar surface area (TPSA) is 105 Å². The number of imidazole rings is 1. The summed E-state index contributed by atoms with van der Waals surface area (Å²) < 4.78 is 53.2. The van der Waals surface area contributed by atoms with Gasteiger partial charge in [0.05, 0.1) is 28.2 Å². The van der Waals surface area contributed by atoms with Crippen LogP contribution in [0.1, 0.15) is 53.3 Å². The number of hydrogen-bond acceptors (Lipinski definition) is 6. The highest BCUT2D eigenvalue weighted by molar-refractivity contribution is 6.31. The second kappa shape index (κ2) is 9.81. The van der Waals surface area contributed by atoms with E-state index < -0.39 is 23.2 Å². The molecule has 8 nitrogen and oxygen atoms in total. The Bertz CT molecular complexity index is 1330. The van der Waals surface area contributed by atoms with E-state index in [-0.39, 0.29) is 41.2 Å². The first-order valence-electron chi connectivity index (χ1n) is 12.0.